The molecule has 0 bridgehead atoms. The van der Waals surface area contributed by atoms with Crippen molar-refractivity contribution in [2.24, 2.45) is 7.05 Å². The number of rotatable bonds is 7. The zero-order valence-electron chi connectivity index (χ0n) is 25.4. The molecule has 6 rings (SSSR count). The monoisotopic (exact) mass is 625 g/mol. The van der Waals surface area contributed by atoms with Crippen LogP contribution in [0.4, 0.5) is 0 Å². The van der Waals surface area contributed by atoms with Gasteiger partial charge in [0.05, 0.1) is 46.0 Å². The highest BCUT2D eigenvalue weighted by molar-refractivity contribution is 7.22. The van der Waals surface area contributed by atoms with Gasteiger partial charge in [0.15, 0.2) is 6.10 Å². The van der Waals surface area contributed by atoms with E-state index in [0.717, 1.165) is 65.2 Å². The Bertz CT molecular complexity index is 2010. The van der Waals surface area contributed by atoms with Gasteiger partial charge in [-0.25, -0.2) is 9.78 Å². The van der Waals surface area contributed by atoms with Crippen LogP contribution in [0.2, 0.25) is 5.02 Å². The van der Waals surface area contributed by atoms with Gasteiger partial charge in [-0.3, -0.25) is 4.68 Å². The van der Waals surface area contributed by atoms with Crippen LogP contribution >= 0.6 is 22.9 Å². The first-order chi connectivity index (χ1) is 21.0. The van der Waals surface area contributed by atoms with E-state index in [4.69, 9.17) is 26.1 Å². The minimum Gasteiger partial charge on any atom is -0.464 e. The van der Waals surface area contributed by atoms with Crippen molar-refractivity contribution in [3.63, 3.8) is 0 Å². The lowest BCUT2D eigenvalue weighted by Crippen LogP contribution is -2.29. The number of halogens is 1. The maximum Gasteiger partial charge on any atom is 0.339 e. The Kier molecular flexibility index (Phi) is 7.96. The van der Waals surface area contributed by atoms with E-state index in [1.807, 2.05) is 94.2 Å². The molecule has 3 aromatic carbocycles. The van der Waals surface area contributed by atoms with Gasteiger partial charge in [0.1, 0.15) is 5.01 Å². The van der Waals surface area contributed by atoms with Crippen molar-refractivity contribution >= 4 is 50.0 Å². The van der Waals surface area contributed by atoms with Gasteiger partial charge in [-0.1, -0.05) is 29.8 Å². The fourth-order valence-electron chi connectivity index (χ4n) is 5.32. The molecule has 0 aliphatic rings. The average molecular weight is 626 g/mol. The van der Waals surface area contributed by atoms with Crippen LogP contribution in [0.3, 0.4) is 0 Å². The van der Waals surface area contributed by atoms with Gasteiger partial charge in [-0.05, 0) is 82.1 Å². The second-order valence-corrected chi connectivity index (χ2v) is 13.0. The lowest BCUT2D eigenvalue weighted by Gasteiger charge is -2.29. The summed E-state index contributed by atoms with van der Waals surface area (Å²) in [7, 11) is 1.92. The molecular weight excluding hydrogens is 594 g/mol. The predicted molar refractivity (Wildman–Crippen MR) is 176 cm³/mol. The van der Waals surface area contributed by atoms with Crippen molar-refractivity contribution in [3.05, 3.63) is 83.1 Å². The van der Waals surface area contributed by atoms with Gasteiger partial charge >= 0.3 is 5.97 Å². The number of hydrogen-bond donors (Lipinski definition) is 0. The van der Waals surface area contributed by atoms with Crippen LogP contribution in [-0.2, 0) is 21.3 Å². The second-order valence-electron chi connectivity index (χ2n) is 11.6. The molecule has 0 fully saturated rings. The first-order valence-corrected chi connectivity index (χ1v) is 15.5. The van der Waals surface area contributed by atoms with E-state index in [1.165, 1.54) is 11.3 Å². The fraction of sp³-hybridized carbons (Fsp3) is 0.265. The van der Waals surface area contributed by atoms with E-state index in [0.29, 0.717) is 5.02 Å². The Labute approximate surface area is 264 Å². The van der Waals surface area contributed by atoms with Crippen molar-refractivity contribution in [2.75, 3.05) is 6.61 Å². The molecule has 0 N–H and O–H groups in total. The summed E-state index contributed by atoms with van der Waals surface area (Å²) in [6.45, 7) is 9.81. The minimum atomic E-state index is -0.938. The van der Waals surface area contributed by atoms with Crippen molar-refractivity contribution in [1.82, 2.24) is 25.0 Å². The molecule has 6 aromatic rings. The topological polar surface area (TPSA) is 92.0 Å². The fourth-order valence-corrected chi connectivity index (χ4v) is 6.55. The van der Waals surface area contributed by atoms with Gasteiger partial charge < -0.3 is 9.47 Å². The van der Waals surface area contributed by atoms with Crippen molar-refractivity contribution in [2.45, 2.75) is 46.3 Å². The van der Waals surface area contributed by atoms with Crippen LogP contribution in [0.25, 0.3) is 54.1 Å². The first kappa shape index (κ1) is 29.9. The smallest absolute Gasteiger partial charge is 0.339 e. The van der Waals surface area contributed by atoms with Gasteiger partial charge in [-0.15, -0.1) is 11.3 Å². The third kappa shape index (κ3) is 5.83. The molecule has 0 saturated carbocycles. The Morgan fingerprint density at radius 3 is 2.50 bits per heavy atom. The summed E-state index contributed by atoms with van der Waals surface area (Å²) in [5, 5.41) is 15.5. The molecule has 0 radical (unpaired) electrons. The average Bonchev–Trinajstić information content (AvgIpc) is 3.58. The van der Waals surface area contributed by atoms with Crippen molar-refractivity contribution < 1.29 is 14.3 Å². The van der Waals surface area contributed by atoms with Crippen LogP contribution in [0.15, 0.2) is 67.0 Å². The quantitative estimate of drug-likeness (QED) is 0.165. The predicted octanol–water partition coefficient (Wildman–Crippen LogP) is 8.36. The second kappa shape index (κ2) is 11.7. The third-order valence-corrected chi connectivity index (χ3v) is 8.63. The number of carbonyl (C=O) groups is 1. The maximum atomic E-state index is 13.4. The van der Waals surface area contributed by atoms with Gasteiger partial charge in [-0.2, -0.15) is 15.3 Å². The number of esters is 1. The summed E-state index contributed by atoms with van der Waals surface area (Å²) in [6, 6.07) is 17.7. The Balaban J connectivity index is 1.53. The van der Waals surface area contributed by atoms with E-state index >= 15 is 0 Å². The summed E-state index contributed by atoms with van der Waals surface area (Å²) in [5.74, 6) is -0.432. The third-order valence-electron chi connectivity index (χ3n) is 7.24. The molecule has 224 valence electrons. The normalized spacial score (nSPS) is 12.6. The van der Waals surface area contributed by atoms with Crippen LogP contribution in [-0.4, -0.2) is 43.1 Å². The lowest BCUT2D eigenvalue weighted by atomic mass is 9.91. The Hall–Kier alpha value is -4.18. The molecule has 3 heterocycles. The summed E-state index contributed by atoms with van der Waals surface area (Å²) in [6.07, 6.45) is 2.63. The molecule has 10 heteroatoms. The number of carbonyl (C=O) groups excluding carboxylic acids is 1. The van der Waals surface area contributed by atoms with Crippen LogP contribution in [0.5, 0.6) is 0 Å². The molecule has 0 aliphatic heterocycles. The number of ether oxygens (including phenoxy) is 2. The molecule has 0 spiro atoms. The standard InChI is InChI=1S/C34H32ClN5O3S/c1-7-42-33(41)30(43-34(3,4)5)28-19(2)14-26-31(29(28)20-8-11-24(35)12-9-20)44-32(38-26)23-16-25(39-36-17-23)21-10-13-27-22(15-21)18-37-40(27)6/h8-18,30H,7H2,1-6H3/t30-/m0/s1. The Morgan fingerprint density at radius 1 is 1.02 bits per heavy atom. The highest BCUT2D eigenvalue weighted by Crippen LogP contribution is 2.44. The molecule has 0 amide bonds. The number of aryl methyl sites for hydroxylation is 2. The van der Waals surface area contributed by atoms with Crippen LogP contribution in [0, 0.1) is 6.92 Å². The van der Waals surface area contributed by atoms with Gasteiger partial charge in [0, 0.05) is 39.7 Å². The van der Waals surface area contributed by atoms with Crippen molar-refractivity contribution in [1.29, 1.82) is 0 Å². The molecule has 1 atom stereocenters. The molecule has 3 aromatic heterocycles. The zero-order valence-corrected chi connectivity index (χ0v) is 27.0. The van der Waals surface area contributed by atoms with Crippen LogP contribution in [0.1, 0.15) is 44.9 Å². The largest absolute Gasteiger partial charge is 0.464 e. The van der Waals surface area contributed by atoms with Crippen molar-refractivity contribution in [3.8, 4) is 33.0 Å². The number of benzene rings is 3. The van der Waals surface area contributed by atoms with E-state index in [-0.39, 0.29) is 6.61 Å². The highest BCUT2D eigenvalue weighted by Gasteiger charge is 2.33. The lowest BCUT2D eigenvalue weighted by molar-refractivity contribution is -0.166. The summed E-state index contributed by atoms with van der Waals surface area (Å²) >= 11 is 7.82. The highest BCUT2D eigenvalue weighted by atomic mass is 35.5. The molecule has 44 heavy (non-hydrogen) atoms. The summed E-state index contributed by atoms with van der Waals surface area (Å²) in [5.41, 5.74) is 7.17. The maximum absolute atomic E-state index is 13.4. The van der Waals surface area contributed by atoms with E-state index in [9.17, 15) is 4.79 Å². The number of fused-ring (bicyclic) bond motifs is 2. The van der Waals surface area contributed by atoms with E-state index < -0.39 is 17.7 Å². The van der Waals surface area contributed by atoms with Gasteiger partial charge in [0.2, 0.25) is 0 Å². The molecule has 8 nitrogen and oxygen atoms in total. The molecule has 0 aliphatic carbocycles. The summed E-state index contributed by atoms with van der Waals surface area (Å²) < 4.78 is 14.7. The van der Waals surface area contributed by atoms with Crippen LogP contribution < -0.4 is 0 Å². The number of aromatic nitrogens is 5. The number of nitrogens with zero attached hydrogens (tertiary/aromatic N) is 5. The number of thiazole rings is 1. The molecular formula is C34H32ClN5O3S. The zero-order chi connectivity index (χ0) is 31.2. The minimum absolute atomic E-state index is 0.246. The SMILES string of the molecule is CCOC(=O)[C@@H](OC(C)(C)C)c1c(C)cc2nc(-c3cnnc(-c4ccc5c(cnn5C)c4)c3)sc2c1-c1ccc(Cl)cc1. The van der Waals surface area contributed by atoms with E-state index in [1.54, 1.807) is 13.1 Å². The van der Waals surface area contributed by atoms with E-state index in [2.05, 4.69) is 21.4 Å². The molecule has 0 unspecified atom stereocenters. The first-order valence-electron chi connectivity index (χ1n) is 14.3. The van der Waals surface area contributed by atoms with Gasteiger partial charge in [0.25, 0.3) is 0 Å². The number of hydrogen-bond acceptors (Lipinski definition) is 8. The molecule has 0 saturated heterocycles. The summed E-state index contributed by atoms with van der Waals surface area (Å²) in [4.78, 5) is 18.5. The Morgan fingerprint density at radius 2 is 1.77 bits per heavy atom.